The normalized spacial score (nSPS) is 19.2. The third kappa shape index (κ3) is 2.32. The molecule has 100 valence electrons. The summed E-state index contributed by atoms with van der Waals surface area (Å²) in [6, 6.07) is 4.25. The molecule has 0 spiro atoms. The number of benzene rings is 1. The minimum Gasteiger partial charge on any atom is -0.368 e. The van der Waals surface area contributed by atoms with Crippen LogP contribution in [0, 0.1) is 0 Å². The van der Waals surface area contributed by atoms with Crippen molar-refractivity contribution in [3.05, 3.63) is 29.3 Å². The molecule has 0 radical (unpaired) electrons. The smallest absolute Gasteiger partial charge is 0.368 e. The molecule has 1 aromatic rings. The highest BCUT2D eigenvalue weighted by atomic mass is 19.4. The topological polar surface area (TPSA) is 29.3 Å². The molecule has 0 saturated heterocycles. The molecular weight excluding hydrogens is 241 g/mol. The van der Waals surface area contributed by atoms with Crippen LogP contribution in [-0.4, -0.2) is 19.1 Å². The lowest BCUT2D eigenvalue weighted by Crippen LogP contribution is -2.33. The summed E-state index contributed by atoms with van der Waals surface area (Å²) in [5, 5.41) is 0. The molecule has 0 aromatic heterocycles. The molecule has 1 aliphatic rings. The molecule has 1 atom stereocenters. The summed E-state index contributed by atoms with van der Waals surface area (Å²) >= 11 is 0. The number of hydrogen-bond donors (Lipinski definition) is 1. The van der Waals surface area contributed by atoms with Gasteiger partial charge < -0.3 is 10.6 Å². The number of fused-ring (bicyclic) bond motifs is 1. The van der Waals surface area contributed by atoms with Gasteiger partial charge in [0.1, 0.15) is 0 Å². The second-order valence-corrected chi connectivity index (χ2v) is 4.56. The Morgan fingerprint density at radius 2 is 2.11 bits per heavy atom. The Kier molecular flexibility index (Phi) is 3.52. The van der Waals surface area contributed by atoms with Crippen molar-refractivity contribution in [3.63, 3.8) is 0 Å². The van der Waals surface area contributed by atoms with Gasteiger partial charge >= 0.3 is 6.18 Å². The van der Waals surface area contributed by atoms with Gasteiger partial charge in [0.2, 0.25) is 0 Å². The van der Waals surface area contributed by atoms with Crippen LogP contribution in [-0.2, 0) is 12.6 Å². The van der Waals surface area contributed by atoms with E-state index in [-0.39, 0.29) is 6.04 Å². The molecule has 1 unspecified atom stereocenters. The van der Waals surface area contributed by atoms with Crippen molar-refractivity contribution in [3.8, 4) is 0 Å². The van der Waals surface area contributed by atoms with E-state index in [2.05, 4.69) is 0 Å². The van der Waals surface area contributed by atoms with Gasteiger partial charge in [-0.05, 0) is 44.0 Å². The number of likely N-dealkylation sites (N-methyl/N-ethyl adjacent to an activating group) is 1. The molecule has 0 fully saturated rings. The van der Waals surface area contributed by atoms with Gasteiger partial charge in [-0.15, -0.1) is 0 Å². The van der Waals surface area contributed by atoms with Gasteiger partial charge in [-0.25, -0.2) is 0 Å². The monoisotopic (exact) mass is 258 g/mol. The second kappa shape index (κ2) is 4.80. The zero-order valence-corrected chi connectivity index (χ0v) is 10.3. The molecule has 0 amide bonds. The molecule has 2 N–H and O–H groups in total. The Bertz CT molecular complexity index is 429. The molecule has 5 heteroatoms. The Labute approximate surface area is 105 Å². The largest absolute Gasteiger partial charge is 0.416 e. The van der Waals surface area contributed by atoms with Gasteiger partial charge in [0.25, 0.3) is 0 Å². The average Bonchev–Trinajstić information content (AvgIpc) is 2.64. The molecule has 18 heavy (non-hydrogen) atoms. The van der Waals surface area contributed by atoms with E-state index in [1.807, 2.05) is 11.8 Å². The number of hydrogen-bond acceptors (Lipinski definition) is 2. The average molecular weight is 258 g/mol. The van der Waals surface area contributed by atoms with Crippen molar-refractivity contribution in [2.45, 2.75) is 32.0 Å². The summed E-state index contributed by atoms with van der Waals surface area (Å²) in [5.74, 6) is 0. The highest BCUT2D eigenvalue weighted by Gasteiger charge is 2.34. The Hall–Kier alpha value is -1.23. The standard InChI is InChI=1S/C13H17F3N2/c1-2-18-11(5-6-17)7-9-3-4-10(8-12(9)18)13(14,15)16/h3-4,8,11H,2,5-7,17H2,1H3. The summed E-state index contributed by atoms with van der Waals surface area (Å²) in [6.07, 6.45) is -2.68. The van der Waals surface area contributed by atoms with Crippen LogP contribution < -0.4 is 10.6 Å². The summed E-state index contributed by atoms with van der Waals surface area (Å²) in [5.41, 5.74) is 6.68. The number of alkyl halides is 3. The lowest BCUT2D eigenvalue weighted by Gasteiger charge is -2.26. The molecule has 1 heterocycles. The predicted molar refractivity (Wildman–Crippen MR) is 65.6 cm³/mol. The SMILES string of the molecule is CCN1c2cc(C(F)(F)F)ccc2CC1CCN. The first-order valence-electron chi connectivity index (χ1n) is 6.14. The minimum absolute atomic E-state index is 0.235. The van der Waals surface area contributed by atoms with Gasteiger partial charge in [0.05, 0.1) is 5.56 Å². The van der Waals surface area contributed by atoms with Crippen molar-refractivity contribution >= 4 is 5.69 Å². The predicted octanol–water partition coefficient (Wildman–Crippen LogP) is 2.81. The Morgan fingerprint density at radius 1 is 1.39 bits per heavy atom. The molecule has 1 aliphatic heterocycles. The van der Waals surface area contributed by atoms with Crippen LogP contribution in [0.2, 0.25) is 0 Å². The number of halogens is 3. The quantitative estimate of drug-likeness (QED) is 0.903. The fraction of sp³-hybridized carbons (Fsp3) is 0.538. The minimum atomic E-state index is -4.28. The van der Waals surface area contributed by atoms with Crippen molar-refractivity contribution in [1.82, 2.24) is 0 Å². The van der Waals surface area contributed by atoms with Crippen molar-refractivity contribution in [2.75, 3.05) is 18.0 Å². The highest BCUT2D eigenvalue weighted by Crippen LogP contribution is 2.38. The zero-order valence-electron chi connectivity index (χ0n) is 10.3. The van der Waals surface area contributed by atoms with E-state index in [0.29, 0.717) is 18.8 Å². The summed E-state index contributed by atoms with van der Waals surface area (Å²) < 4.78 is 38.1. The van der Waals surface area contributed by atoms with Gasteiger partial charge in [-0.1, -0.05) is 6.07 Å². The third-order valence-corrected chi connectivity index (χ3v) is 3.46. The summed E-state index contributed by atoms with van der Waals surface area (Å²) in [4.78, 5) is 2.03. The van der Waals surface area contributed by atoms with Crippen LogP contribution in [0.3, 0.4) is 0 Å². The first kappa shape index (κ1) is 13.2. The van der Waals surface area contributed by atoms with E-state index in [1.165, 1.54) is 6.07 Å². The zero-order chi connectivity index (χ0) is 13.3. The molecular formula is C13H17F3N2. The van der Waals surface area contributed by atoms with E-state index < -0.39 is 11.7 Å². The molecule has 2 nitrogen and oxygen atoms in total. The van der Waals surface area contributed by atoms with E-state index in [9.17, 15) is 13.2 Å². The van der Waals surface area contributed by atoms with Gasteiger partial charge in [0.15, 0.2) is 0 Å². The first-order valence-corrected chi connectivity index (χ1v) is 6.14. The van der Waals surface area contributed by atoms with Crippen LogP contribution >= 0.6 is 0 Å². The van der Waals surface area contributed by atoms with Crippen molar-refractivity contribution in [2.24, 2.45) is 5.73 Å². The summed E-state index contributed by atoms with van der Waals surface area (Å²) in [6.45, 7) is 3.22. The lowest BCUT2D eigenvalue weighted by molar-refractivity contribution is -0.137. The number of nitrogens with zero attached hydrogens (tertiary/aromatic N) is 1. The van der Waals surface area contributed by atoms with Crippen molar-refractivity contribution < 1.29 is 13.2 Å². The number of nitrogens with two attached hydrogens (primary N) is 1. The van der Waals surface area contributed by atoms with Crippen LogP contribution in [0.5, 0.6) is 0 Å². The molecule has 2 rings (SSSR count). The Morgan fingerprint density at radius 3 is 2.67 bits per heavy atom. The fourth-order valence-corrected chi connectivity index (χ4v) is 2.62. The van der Waals surface area contributed by atoms with E-state index in [0.717, 1.165) is 24.5 Å². The van der Waals surface area contributed by atoms with E-state index in [1.54, 1.807) is 6.07 Å². The molecule has 0 bridgehead atoms. The van der Waals surface area contributed by atoms with Crippen LogP contribution in [0.1, 0.15) is 24.5 Å². The van der Waals surface area contributed by atoms with Crippen LogP contribution in [0.15, 0.2) is 18.2 Å². The van der Waals surface area contributed by atoms with Gasteiger partial charge in [-0.2, -0.15) is 13.2 Å². The lowest BCUT2D eigenvalue weighted by atomic mass is 10.1. The third-order valence-electron chi connectivity index (χ3n) is 3.46. The molecule has 0 saturated carbocycles. The molecule has 0 aliphatic carbocycles. The maximum Gasteiger partial charge on any atom is 0.416 e. The highest BCUT2D eigenvalue weighted by molar-refractivity contribution is 5.61. The van der Waals surface area contributed by atoms with E-state index >= 15 is 0 Å². The number of rotatable bonds is 3. The summed E-state index contributed by atoms with van der Waals surface area (Å²) in [7, 11) is 0. The van der Waals surface area contributed by atoms with Crippen LogP contribution in [0.4, 0.5) is 18.9 Å². The fourth-order valence-electron chi connectivity index (χ4n) is 2.62. The maximum absolute atomic E-state index is 12.7. The number of anilines is 1. The van der Waals surface area contributed by atoms with Gasteiger partial charge in [-0.3, -0.25) is 0 Å². The second-order valence-electron chi connectivity index (χ2n) is 4.56. The van der Waals surface area contributed by atoms with E-state index in [4.69, 9.17) is 5.73 Å². The Balaban J connectivity index is 2.34. The van der Waals surface area contributed by atoms with Crippen LogP contribution in [0.25, 0.3) is 0 Å². The first-order chi connectivity index (χ1) is 8.47. The van der Waals surface area contributed by atoms with Crippen molar-refractivity contribution in [1.29, 1.82) is 0 Å². The van der Waals surface area contributed by atoms with Gasteiger partial charge in [0, 0.05) is 18.3 Å². The maximum atomic E-state index is 12.7. The molecule has 1 aromatic carbocycles.